The third kappa shape index (κ3) is 2.85. The Labute approximate surface area is 119 Å². The van der Waals surface area contributed by atoms with Crippen molar-refractivity contribution in [2.75, 3.05) is 0 Å². The first-order valence-corrected chi connectivity index (χ1v) is 6.56. The van der Waals surface area contributed by atoms with E-state index in [0.717, 1.165) is 21.6 Å². The Morgan fingerprint density at radius 1 is 1.50 bits per heavy atom. The molecule has 1 aromatic carbocycles. The standard InChI is InChI=1S/C12H13BrClN3O/c1-17-11(14)6-16-12(17)7-18-10-3-2-9(13)4-8(10)5-15/h2-4,6H,5,7,15H2,1H3. The van der Waals surface area contributed by atoms with E-state index in [0.29, 0.717) is 18.3 Å². The molecule has 1 aromatic heterocycles. The Kier molecular flexibility index (Phi) is 4.27. The van der Waals surface area contributed by atoms with Crippen LogP contribution in [0.4, 0.5) is 0 Å². The van der Waals surface area contributed by atoms with Gasteiger partial charge in [0.05, 0.1) is 6.20 Å². The number of halogens is 2. The average molecular weight is 331 g/mol. The molecule has 2 rings (SSSR count). The van der Waals surface area contributed by atoms with Crippen LogP contribution in [-0.2, 0) is 20.2 Å². The zero-order valence-electron chi connectivity index (χ0n) is 9.86. The summed E-state index contributed by atoms with van der Waals surface area (Å²) in [4.78, 5) is 4.17. The second-order valence-electron chi connectivity index (χ2n) is 3.80. The van der Waals surface area contributed by atoms with Gasteiger partial charge in [0.15, 0.2) is 0 Å². The Bertz CT molecular complexity index is 556. The monoisotopic (exact) mass is 329 g/mol. The van der Waals surface area contributed by atoms with Crippen molar-refractivity contribution in [2.45, 2.75) is 13.2 Å². The van der Waals surface area contributed by atoms with Crippen molar-refractivity contribution in [3.8, 4) is 5.75 Å². The van der Waals surface area contributed by atoms with Crippen molar-refractivity contribution in [2.24, 2.45) is 12.8 Å². The highest BCUT2D eigenvalue weighted by Crippen LogP contribution is 2.23. The van der Waals surface area contributed by atoms with Crippen LogP contribution in [0.25, 0.3) is 0 Å². The van der Waals surface area contributed by atoms with Crippen LogP contribution in [0.2, 0.25) is 5.15 Å². The van der Waals surface area contributed by atoms with Crippen molar-refractivity contribution < 1.29 is 4.74 Å². The topological polar surface area (TPSA) is 53.1 Å². The number of rotatable bonds is 4. The maximum atomic E-state index is 5.91. The molecular weight excluding hydrogens is 318 g/mol. The van der Waals surface area contributed by atoms with Gasteiger partial charge in [-0.15, -0.1) is 0 Å². The van der Waals surface area contributed by atoms with Gasteiger partial charge < -0.3 is 15.0 Å². The fourth-order valence-corrected chi connectivity index (χ4v) is 2.10. The van der Waals surface area contributed by atoms with Gasteiger partial charge in [0.1, 0.15) is 23.3 Å². The second kappa shape index (κ2) is 5.73. The molecule has 0 radical (unpaired) electrons. The smallest absolute Gasteiger partial charge is 0.147 e. The Balaban J connectivity index is 2.13. The lowest BCUT2D eigenvalue weighted by Gasteiger charge is -2.10. The van der Waals surface area contributed by atoms with Gasteiger partial charge in [-0.1, -0.05) is 27.5 Å². The first-order chi connectivity index (χ1) is 8.61. The number of imidazole rings is 1. The summed E-state index contributed by atoms with van der Waals surface area (Å²) in [5.74, 6) is 1.53. The predicted molar refractivity (Wildman–Crippen MR) is 74.6 cm³/mol. The summed E-state index contributed by atoms with van der Waals surface area (Å²) in [5, 5.41) is 0.587. The first-order valence-electron chi connectivity index (χ1n) is 5.39. The van der Waals surface area contributed by atoms with E-state index in [4.69, 9.17) is 22.1 Å². The number of benzene rings is 1. The molecule has 1 heterocycles. The van der Waals surface area contributed by atoms with Crippen molar-refractivity contribution in [3.05, 3.63) is 45.4 Å². The van der Waals surface area contributed by atoms with E-state index < -0.39 is 0 Å². The summed E-state index contributed by atoms with van der Waals surface area (Å²) in [6, 6.07) is 5.75. The second-order valence-corrected chi connectivity index (χ2v) is 5.10. The van der Waals surface area contributed by atoms with Gasteiger partial charge in [-0.05, 0) is 18.2 Å². The molecule has 0 unspecified atom stereocenters. The zero-order valence-corrected chi connectivity index (χ0v) is 12.2. The van der Waals surface area contributed by atoms with Crippen LogP contribution in [0, 0.1) is 0 Å². The van der Waals surface area contributed by atoms with Crippen LogP contribution >= 0.6 is 27.5 Å². The number of hydrogen-bond acceptors (Lipinski definition) is 3. The van der Waals surface area contributed by atoms with E-state index >= 15 is 0 Å². The molecule has 0 saturated carbocycles. The summed E-state index contributed by atoms with van der Waals surface area (Å²) in [5.41, 5.74) is 6.63. The van der Waals surface area contributed by atoms with E-state index in [1.807, 2.05) is 25.2 Å². The highest BCUT2D eigenvalue weighted by Gasteiger charge is 2.07. The van der Waals surface area contributed by atoms with Gasteiger partial charge in [0, 0.05) is 23.6 Å². The normalized spacial score (nSPS) is 10.7. The van der Waals surface area contributed by atoms with Crippen LogP contribution < -0.4 is 10.5 Å². The molecule has 96 valence electrons. The fraction of sp³-hybridized carbons (Fsp3) is 0.250. The van der Waals surface area contributed by atoms with E-state index in [-0.39, 0.29) is 0 Å². The first kappa shape index (κ1) is 13.4. The number of nitrogens with two attached hydrogens (primary N) is 1. The molecule has 0 saturated heterocycles. The SMILES string of the molecule is Cn1c(Cl)cnc1COc1ccc(Br)cc1CN. The van der Waals surface area contributed by atoms with Crippen molar-refractivity contribution in [1.29, 1.82) is 0 Å². The van der Waals surface area contributed by atoms with E-state index in [1.54, 1.807) is 10.8 Å². The average Bonchev–Trinajstić information content (AvgIpc) is 2.68. The van der Waals surface area contributed by atoms with Crippen molar-refractivity contribution in [3.63, 3.8) is 0 Å². The molecule has 0 fully saturated rings. The third-order valence-electron chi connectivity index (χ3n) is 2.63. The largest absolute Gasteiger partial charge is 0.485 e. The molecule has 2 N–H and O–H groups in total. The molecule has 0 bridgehead atoms. The minimum Gasteiger partial charge on any atom is -0.485 e. The molecule has 18 heavy (non-hydrogen) atoms. The summed E-state index contributed by atoms with van der Waals surface area (Å²) in [7, 11) is 1.85. The highest BCUT2D eigenvalue weighted by molar-refractivity contribution is 9.10. The molecule has 2 aromatic rings. The fourth-order valence-electron chi connectivity index (χ4n) is 1.55. The number of ether oxygens (including phenoxy) is 1. The maximum Gasteiger partial charge on any atom is 0.147 e. The van der Waals surface area contributed by atoms with Gasteiger partial charge in [0.2, 0.25) is 0 Å². The summed E-state index contributed by atoms with van der Waals surface area (Å²) < 4.78 is 8.48. The Hall–Kier alpha value is -1.04. The van der Waals surface area contributed by atoms with E-state index in [9.17, 15) is 0 Å². The molecule has 4 nitrogen and oxygen atoms in total. The predicted octanol–water partition coefficient (Wildman–Crippen LogP) is 2.87. The van der Waals surface area contributed by atoms with Crippen LogP contribution in [-0.4, -0.2) is 9.55 Å². The number of nitrogens with zero attached hydrogens (tertiary/aromatic N) is 2. The Morgan fingerprint density at radius 2 is 2.28 bits per heavy atom. The van der Waals surface area contributed by atoms with Crippen molar-refractivity contribution >= 4 is 27.5 Å². The van der Waals surface area contributed by atoms with E-state index in [2.05, 4.69) is 20.9 Å². The number of aromatic nitrogens is 2. The van der Waals surface area contributed by atoms with Crippen molar-refractivity contribution in [1.82, 2.24) is 9.55 Å². The maximum absolute atomic E-state index is 5.91. The molecule has 0 aliphatic carbocycles. The minimum atomic E-state index is 0.359. The van der Waals surface area contributed by atoms with E-state index in [1.165, 1.54) is 0 Å². The van der Waals surface area contributed by atoms with Gasteiger partial charge in [-0.2, -0.15) is 0 Å². The highest BCUT2D eigenvalue weighted by atomic mass is 79.9. The minimum absolute atomic E-state index is 0.359. The van der Waals surface area contributed by atoms with Gasteiger partial charge >= 0.3 is 0 Å². The lowest BCUT2D eigenvalue weighted by atomic mass is 10.2. The Morgan fingerprint density at radius 3 is 2.89 bits per heavy atom. The van der Waals surface area contributed by atoms with Gasteiger partial charge in [-0.3, -0.25) is 0 Å². The van der Waals surface area contributed by atoms with Crippen LogP contribution in [0.1, 0.15) is 11.4 Å². The molecule has 0 spiro atoms. The molecular formula is C12H13BrClN3O. The molecule has 6 heteroatoms. The molecule has 0 aliphatic heterocycles. The molecule has 0 amide bonds. The third-order valence-corrected chi connectivity index (χ3v) is 3.47. The summed E-state index contributed by atoms with van der Waals surface area (Å²) in [6.07, 6.45) is 1.60. The zero-order chi connectivity index (χ0) is 13.1. The lowest BCUT2D eigenvalue weighted by molar-refractivity contribution is 0.289. The lowest BCUT2D eigenvalue weighted by Crippen LogP contribution is -2.06. The number of hydrogen-bond donors (Lipinski definition) is 1. The van der Waals surface area contributed by atoms with Crippen LogP contribution in [0.3, 0.4) is 0 Å². The summed E-state index contributed by atoms with van der Waals surface area (Å²) >= 11 is 9.31. The van der Waals surface area contributed by atoms with Crippen LogP contribution in [0.15, 0.2) is 28.9 Å². The van der Waals surface area contributed by atoms with Gasteiger partial charge in [0.25, 0.3) is 0 Å². The molecule has 0 aliphatic rings. The van der Waals surface area contributed by atoms with Crippen LogP contribution in [0.5, 0.6) is 5.75 Å². The molecule has 0 atom stereocenters. The summed E-state index contributed by atoms with van der Waals surface area (Å²) in [6.45, 7) is 0.786. The van der Waals surface area contributed by atoms with Gasteiger partial charge in [-0.25, -0.2) is 4.98 Å². The quantitative estimate of drug-likeness (QED) is 0.938.